The second kappa shape index (κ2) is 9.27. The van der Waals surface area contributed by atoms with Crippen molar-refractivity contribution in [3.8, 4) is 0 Å². The molecule has 1 aromatic carbocycles. The monoisotopic (exact) mass is 459 g/mol. The average Bonchev–Trinajstić information content (AvgIpc) is 3.52. The molecule has 176 valence electrons. The lowest BCUT2D eigenvalue weighted by Crippen LogP contribution is -2.33. The Kier molecular flexibility index (Phi) is 6.21. The Morgan fingerprint density at radius 2 is 1.94 bits per heavy atom. The number of benzene rings is 1. The first-order valence-electron chi connectivity index (χ1n) is 11.0. The van der Waals surface area contributed by atoms with E-state index in [9.17, 15) is 19.7 Å². The lowest BCUT2D eigenvalue weighted by molar-refractivity contribution is -0.0511. The number of aromatic nitrogens is 4. The van der Waals surface area contributed by atoms with Gasteiger partial charge in [0, 0.05) is 0 Å². The summed E-state index contributed by atoms with van der Waals surface area (Å²) in [6.07, 6.45) is 1.36. The Labute approximate surface area is 189 Å². The molecule has 11 heteroatoms. The van der Waals surface area contributed by atoms with E-state index in [4.69, 9.17) is 9.47 Å². The fraction of sp³-hybridized carbons (Fsp3) is 0.500. The van der Waals surface area contributed by atoms with Crippen LogP contribution in [0.5, 0.6) is 0 Å². The normalized spacial score (nSPS) is 29.7. The molecule has 4 N–H and O–H groups in total. The molecule has 1 saturated carbocycles. The number of aliphatic hydroxyl groups excluding tert-OH is 3. The summed E-state index contributed by atoms with van der Waals surface area (Å²) in [6.45, 7) is -0.0215. The number of nitrogens with zero attached hydrogens (tertiary/aromatic N) is 4. The van der Waals surface area contributed by atoms with E-state index in [0.717, 1.165) is 24.8 Å². The number of hydrogen-bond acceptors (Lipinski definition) is 9. The zero-order valence-corrected chi connectivity index (χ0v) is 17.8. The predicted octanol–water partition coefficient (Wildman–Crippen LogP) is 1.13. The van der Waals surface area contributed by atoms with Gasteiger partial charge in [-0.1, -0.05) is 12.1 Å². The summed E-state index contributed by atoms with van der Waals surface area (Å²) in [6, 6.07) is 6.28. The lowest BCUT2D eigenvalue weighted by atomic mass is 10.1. The molecule has 3 heterocycles. The molecule has 5 rings (SSSR count). The number of rotatable bonds is 7. The molecule has 2 aromatic heterocycles. The summed E-state index contributed by atoms with van der Waals surface area (Å²) in [5, 5.41) is 33.2. The van der Waals surface area contributed by atoms with Crippen LogP contribution in [0.25, 0.3) is 11.2 Å². The zero-order valence-electron chi connectivity index (χ0n) is 17.8. The van der Waals surface area contributed by atoms with Crippen LogP contribution in [0, 0.1) is 5.82 Å². The topological polar surface area (TPSA) is 135 Å². The summed E-state index contributed by atoms with van der Waals surface area (Å²) < 4.78 is 26.4. The van der Waals surface area contributed by atoms with Crippen molar-refractivity contribution in [2.24, 2.45) is 0 Å². The van der Waals surface area contributed by atoms with Crippen LogP contribution in [0.4, 0.5) is 10.2 Å². The van der Waals surface area contributed by atoms with Crippen LogP contribution in [0.2, 0.25) is 0 Å². The van der Waals surface area contributed by atoms with E-state index >= 15 is 0 Å². The van der Waals surface area contributed by atoms with Crippen molar-refractivity contribution in [2.75, 3.05) is 11.9 Å². The number of nitrogens with one attached hydrogen (secondary N) is 1. The molecule has 1 aliphatic carbocycles. The fourth-order valence-electron chi connectivity index (χ4n) is 4.50. The number of aliphatic hydroxyl groups is 3. The number of imidazole rings is 1. The molecule has 3 aromatic rings. The van der Waals surface area contributed by atoms with E-state index in [-0.39, 0.29) is 18.0 Å². The van der Waals surface area contributed by atoms with E-state index in [1.165, 1.54) is 29.4 Å². The number of anilines is 1. The molecule has 0 amide bonds. The molecular formula is C22H26FN5O5. The molecule has 1 aliphatic heterocycles. The SMILES string of the molecule is OCC1OC(n2cnc3c(N[C@H]4CCCC4OCc4ccc(F)cc4)ncnc32)[C@H](O)[C@@H]1O. The highest BCUT2D eigenvalue weighted by molar-refractivity contribution is 5.82. The number of hydrogen-bond donors (Lipinski definition) is 4. The molecule has 2 fully saturated rings. The molecule has 0 spiro atoms. The summed E-state index contributed by atoms with van der Waals surface area (Å²) in [5.41, 5.74) is 1.84. The number of fused-ring (bicyclic) bond motifs is 1. The number of ether oxygens (including phenoxy) is 2. The Morgan fingerprint density at radius 3 is 2.70 bits per heavy atom. The van der Waals surface area contributed by atoms with Gasteiger partial charge in [-0.15, -0.1) is 0 Å². The standard InChI is InChI=1S/C22H26FN5O5/c23-13-6-4-12(5-7-13)9-32-15-3-1-2-14(15)27-20-17-21(25-10-24-20)28(11-26-17)22-19(31)18(30)16(8-29)33-22/h4-7,10-11,14-16,18-19,22,29-31H,1-3,8-9H2,(H,24,25,27)/t14-,15?,16?,18+,19+,22?/m0/s1. The fourth-order valence-corrected chi connectivity index (χ4v) is 4.50. The van der Waals surface area contributed by atoms with Crippen molar-refractivity contribution < 1.29 is 29.2 Å². The van der Waals surface area contributed by atoms with E-state index in [1.54, 1.807) is 12.1 Å². The summed E-state index contributed by atoms with van der Waals surface area (Å²) >= 11 is 0. The second-order valence-electron chi connectivity index (χ2n) is 8.43. The maximum absolute atomic E-state index is 13.1. The van der Waals surface area contributed by atoms with Crippen LogP contribution in [-0.4, -0.2) is 71.9 Å². The van der Waals surface area contributed by atoms with Crippen molar-refractivity contribution in [2.45, 2.75) is 62.6 Å². The Hall–Kier alpha value is -2.70. The minimum Gasteiger partial charge on any atom is -0.394 e. The van der Waals surface area contributed by atoms with Crippen LogP contribution >= 0.6 is 0 Å². The Morgan fingerprint density at radius 1 is 1.12 bits per heavy atom. The summed E-state index contributed by atoms with van der Waals surface area (Å²) in [4.78, 5) is 13.0. The van der Waals surface area contributed by atoms with Gasteiger partial charge in [0.2, 0.25) is 0 Å². The van der Waals surface area contributed by atoms with E-state index in [0.29, 0.717) is 23.6 Å². The third-order valence-electron chi connectivity index (χ3n) is 6.30. The molecule has 6 atom stereocenters. The minimum atomic E-state index is -1.23. The van der Waals surface area contributed by atoms with Crippen molar-refractivity contribution in [1.29, 1.82) is 0 Å². The molecule has 0 radical (unpaired) electrons. The van der Waals surface area contributed by atoms with Gasteiger partial charge in [-0.2, -0.15) is 0 Å². The van der Waals surface area contributed by atoms with Gasteiger partial charge in [-0.25, -0.2) is 19.3 Å². The molecule has 10 nitrogen and oxygen atoms in total. The first-order chi connectivity index (χ1) is 16.0. The van der Waals surface area contributed by atoms with Crippen LogP contribution in [0.15, 0.2) is 36.9 Å². The highest BCUT2D eigenvalue weighted by Gasteiger charge is 2.44. The van der Waals surface area contributed by atoms with Gasteiger partial charge >= 0.3 is 0 Å². The highest BCUT2D eigenvalue weighted by atomic mass is 19.1. The highest BCUT2D eigenvalue weighted by Crippen LogP contribution is 2.33. The molecule has 33 heavy (non-hydrogen) atoms. The van der Waals surface area contributed by atoms with Crippen molar-refractivity contribution in [3.63, 3.8) is 0 Å². The van der Waals surface area contributed by atoms with E-state index < -0.39 is 31.1 Å². The summed E-state index contributed by atoms with van der Waals surface area (Å²) in [7, 11) is 0. The van der Waals surface area contributed by atoms with Gasteiger partial charge in [-0.05, 0) is 37.0 Å². The summed E-state index contributed by atoms with van der Waals surface area (Å²) in [5.74, 6) is 0.260. The van der Waals surface area contributed by atoms with Crippen LogP contribution in [-0.2, 0) is 16.1 Å². The largest absolute Gasteiger partial charge is 0.394 e. The Bertz CT molecular complexity index is 1100. The smallest absolute Gasteiger partial charge is 0.167 e. The van der Waals surface area contributed by atoms with Crippen LogP contribution in [0.3, 0.4) is 0 Å². The first-order valence-corrected chi connectivity index (χ1v) is 11.0. The molecule has 0 bridgehead atoms. The zero-order chi connectivity index (χ0) is 22.9. The van der Waals surface area contributed by atoms with Gasteiger partial charge in [-0.3, -0.25) is 4.57 Å². The third-order valence-corrected chi connectivity index (χ3v) is 6.30. The molecule has 3 unspecified atom stereocenters. The average molecular weight is 459 g/mol. The van der Waals surface area contributed by atoms with Gasteiger partial charge < -0.3 is 30.1 Å². The minimum absolute atomic E-state index is 0.0163. The number of halogens is 1. The molecule has 2 aliphatic rings. The van der Waals surface area contributed by atoms with Gasteiger partial charge in [0.25, 0.3) is 0 Å². The van der Waals surface area contributed by atoms with Gasteiger partial charge in [0.05, 0.1) is 31.7 Å². The van der Waals surface area contributed by atoms with Crippen LogP contribution < -0.4 is 5.32 Å². The first kappa shape index (κ1) is 22.1. The van der Waals surface area contributed by atoms with Gasteiger partial charge in [0.15, 0.2) is 23.2 Å². The third kappa shape index (κ3) is 4.30. The Balaban J connectivity index is 1.31. The van der Waals surface area contributed by atoms with E-state index in [2.05, 4.69) is 20.3 Å². The van der Waals surface area contributed by atoms with Crippen molar-refractivity contribution in [1.82, 2.24) is 19.5 Å². The van der Waals surface area contributed by atoms with Gasteiger partial charge in [0.1, 0.15) is 30.5 Å². The predicted molar refractivity (Wildman–Crippen MR) is 115 cm³/mol. The van der Waals surface area contributed by atoms with Crippen molar-refractivity contribution in [3.05, 3.63) is 48.3 Å². The maximum Gasteiger partial charge on any atom is 0.167 e. The molecule has 1 saturated heterocycles. The van der Waals surface area contributed by atoms with Crippen molar-refractivity contribution >= 4 is 17.0 Å². The maximum atomic E-state index is 13.1. The van der Waals surface area contributed by atoms with E-state index in [1.807, 2.05) is 0 Å². The second-order valence-corrected chi connectivity index (χ2v) is 8.43. The quantitative estimate of drug-likeness (QED) is 0.410. The van der Waals surface area contributed by atoms with Crippen LogP contribution in [0.1, 0.15) is 31.1 Å². The lowest BCUT2D eigenvalue weighted by Gasteiger charge is -2.22. The molecular weight excluding hydrogens is 433 g/mol.